The first-order valence-corrected chi connectivity index (χ1v) is 14.2. The Labute approximate surface area is 232 Å². The van der Waals surface area contributed by atoms with Crippen LogP contribution in [0.5, 0.6) is 0 Å². The molecule has 8 rings (SSSR count). The van der Waals surface area contributed by atoms with Crippen LogP contribution in [0.15, 0.2) is 146 Å². The monoisotopic (exact) mass is 515 g/mol. The van der Waals surface area contributed by atoms with Gasteiger partial charge < -0.3 is 5.32 Å². The molecule has 6 aromatic carbocycles. The lowest BCUT2D eigenvalue weighted by molar-refractivity contribution is 0.768. The Morgan fingerprint density at radius 1 is 0.462 bits per heavy atom. The Kier molecular flexibility index (Phi) is 4.98. The van der Waals surface area contributed by atoms with Crippen molar-refractivity contribution >= 4 is 42.9 Å². The summed E-state index contributed by atoms with van der Waals surface area (Å²) in [6, 6.07) is 53.0. The van der Waals surface area contributed by atoms with Crippen molar-refractivity contribution < 1.29 is 0 Å². The molecule has 0 saturated carbocycles. The molecular weight excluding hydrogens is 490 g/mol. The summed E-state index contributed by atoms with van der Waals surface area (Å²) in [4.78, 5) is 0. The highest BCUT2D eigenvalue weighted by atomic mass is 32.1. The van der Waals surface area contributed by atoms with Gasteiger partial charge in [0.05, 0.1) is 15.8 Å². The van der Waals surface area contributed by atoms with E-state index in [0.717, 1.165) is 11.4 Å². The van der Waals surface area contributed by atoms with Crippen molar-refractivity contribution in [2.45, 2.75) is 5.41 Å². The van der Waals surface area contributed by atoms with Crippen LogP contribution in [0, 0.1) is 0 Å². The second kappa shape index (κ2) is 8.69. The summed E-state index contributed by atoms with van der Waals surface area (Å²) in [6.45, 7) is 0. The first-order chi connectivity index (χ1) is 19.3. The number of benzene rings is 6. The Morgan fingerprint density at radius 2 is 1.05 bits per heavy atom. The van der Waals surface area contributed by atoms with E-state index in [1.165, 1.54) is 53.6 Å². The molecule has 184 valence electrons. The van der Waals surface area contributed by atoms with Crippen molar-refractivity contribution in [2.75, 3.05) is 5.32 Å². The number of thiophene rings is 1. The molecule has 0 aliphatic heterocycles. The SMILES string of the molecule is c1ccc(C2(c3ccc(Nc4cccc5c4sc4ccccc45)cc3)c3ccccc3-c3ccccc32)cc1. The molecule has 2 heteroatoms. The number of hydrogen-bond acceptors (Lipinski definition) is 2. The van der Waals surface area contributed by atoms with Crippen LogP contribution in [0.25, 0.3) is 31.3 Å². The first kappa shape index (κ1) is 22.3. The molecule has 0 amide bonds. The summed E-state index contributed by atoms with van der Waals surface area (Å²) in [6.07, 6.45) is 0. The standard InChI is InChI=1S/C37H25NS/c1-2-11-25(12-3-1)37(32-17-7-4-13-28(32)29-14-5-8-18-33(29)37)26-21-23-27(24-22-26)38-34-19-10-16-31-30-15-6-9-20-35(30)39-36(31)34/h1-24,38H. The highest BCUT2D eigenvalue weighted by molar-refractivity contribution is 7.26. The predicted octanol–water partition coefficient (Wildman–Crippen LogP) is 10.2. The molecule has 1 aromatic heterocycles. The van der Waals surface area contributed by atoms with Crippen molar-refractivity contribution in [3.8, 4) is 11.1 Å². The molecule has 1 aliphatic carbocycles. The van der Waals surface area contributed by atoms with Crippen LogP contribution in [0.4, 0.5) is 11.4 Å². The molecule has 1 aliphatic rings. The fourth-order valence-corrected chi connectivity index (χ4v) is 7.69. The molecule has 0 unspecified atom stereocenters. The molecule has 1 nitrogen and oxygen atoms in total. The van der Waals surface area contributed by atoms with E-state index in [1.807, 2.05) is 11.3 Å². The molecule has 1 N–H and O–H groups in total. The van der Waals surface area contributed by atoms with Gasteiger partial charge in [0.2, 0.25) is 0 Å². The van der Waals surface area contributed by atoms with Gasteiger partial charge in [0, 0.05) is 21.2 Å². The van der Waals surface area contributed by atoms with Gasteiger partial charge in [0.25, 0.3) is 0 Å². The Hall–Kier alpha value is -4.66. The minimum atomic E-state index is -0.363. The van der Waals surface area contributed by atoms with E-state index in [2.05, 4.69) is 151 Å². The molecule has 1 heterocycles. The van der Waals surface area contributed by atoms with Gasteiger partial charge in [-0.1, -0.05) is 121 Å². The van der Waals surface area contributed by atoms with E-state index in [1.54, 1.807) is 0 Å². The molecule has 39 heavy (non-hydrogen) atoms. The molecular formula is C37H25NS. The maximum absolute atomic E-state index is 3.73. The number of rotatable bonds is 4. The highest BCUT2D eigenvalue weighted by Gasteiger charge is 2.45. The summed E-state index contributed by atoms with van der Waals surface area (Å²) >= 11 is 1.85. The van der Waals surface area contributed by atoms with Gasteiger partial charge in [-0.25, -0.2) is 0 Å². The van der Waals surface area contributed by atoms with Crippen LogP contribution in [-0.2, 0) is 5.41 Å². The largest absolute Gasteiger partial charge is 0.354 e. The second-order valence-electron chi connectivity index (χ2n) is 10.2. The van der Waals surface area contributed by atoms with Crippen LogP contribution >= 0.6 is 11.3 Å². The van der Waals surface area contributed by atoms with Gasteiger partial charge in [0.1, 0.15) is 0 Å². The second-order valence-corrected chi connectivity index (χ2v) is 11.2. The average Bonchev–Trinajstić information content (AvgIpc) is 3.53. The van der Waals surface area contributed by atoms with E-state index in [-0.39, 0.29) is 5.41 Å². The van der Waals surface area contributed by atoms with E-state index in [9.17, 15) is 0 Å². The van der Waals surface area contributed by atoms with Gasteiger partial charge in [-0.2, -0.15) is 0 Å². The van der Waals surface area contributed by atoms with Crippen molar-refractivity contribution in [3.63, 3.8) is 0 Å². The van der Waals surface area contributed by atoms with Crippen LogP contribution in [0.3, 0.4) is 0 Å². The highest BCUT2D eigenvalue weighted by Crippen LogP contribution is 2.56. The fraction of sp³-hybridized carbons (Fsp3) is 0.0270. The van der Waals surface area contributed by atoms with Crippen LogP contribution < -0.4 is 5.32 Å². The van der Waals surface area contributed by atoms with E-state index >= 15 is 0 Å². The van der Waals surface area contributed by atoms with Crippen molar-refractivity contribution in [1.82, 2.24) is 0 Å². The molecule has 0 radical (unpaired) electrons. The molecule has 0 fully saturated rings. The lowest BCUT2D eigenvalue weighted by Gasteiger charge is -2.34. The Morgan fingerprint density at radius 3 is 1.79 bits per heavy atom. The van der Waals surface area contributed by atoms with E-state index in [4.69, 9.17) is 0 Å². The van der Waals surface area contributed by atoms with E-state index < -0.39 is 0 Å². The lowest BCUT2D eigenvalue weighted by atomic mass is 9.68. The minimum absolute atomic E-state index is 0.363. The van der Waals surface area contributed by atoms with Crippen LogP contribution in [-0.4, -0.2) is 0 Å². The third kappa shape index (κ3) is 3.25. The maximum atomic E-state index is 3.73. The summed E-state index contributed by atoms with van der Waals surface area (Å²) in [5.74, 6) is 0. The van der Waals surface area contributed by atoms with Crippen LogP contribution in [0.2, 0.25) is 0 Å². The van der Waals surface area contributed by atoms with Crippen molar-refractivity contribution in [3.05, 3.63) is 168 Å². The Balaban J connectivity index is 1.27. The number of anilines is 2. The number of nitrogens with one attached hydrogen (secondary N) is 1. The smallest absolute Gasteiger partial charge is 0.0713 e. The van der Waals surface area contributed by atoms with Gasteiger partial charge in [0.15, 0.2) is 0 Å². The average molecular weight is 516 g/mol. The molecule has 0 atom stereocenters. The van der Waals surface area contributed by atoms with E-state index in [0.29, 0.717) is 0 Å². The number of fused-ring (bicyclic) bond motifs is 6. The zero-order valence-corrected chi connectivity index (χ0v) is 22.1. The van der Waals surface area contributed by atoms with Crippen LogP contribution in [0.1, 0.15) is 22.3 Å². The quantitative estimate of drug-likeness (QED) is 0.246. The third-order valence-corrected chi connectivity index (χ3v) is 9.38. The topological polar surface area (TPSA) is 12.0 Å². The van der Waals surface area contributed by atoms with Gasteiger partial charge in [-0.3, -0.25) is 0 Å². The van der Waals surface area contributed by atoms with Gasteiger partial charge in [-0.15, -0.1) is 11.3 Å². The maximum Gasteiger partial charge on any atom is 0.0713 e. The summed E-state index contributed by atoms with van der Waals surface area (Å²) in [7, 11) is 0. The summed E-state index contributed by atoms with van der Waals surface area (Å²) < 4.78 is 2.61. The minimum Gasteiger partial charge on any atom is -0.354 e. The summed E-state index contributed by atoms with van der Waals surface area (Å²) in [5.41, 5.74) is 9.75. The zero-order valence-electron chi connectivity index (χ0n) is 21.3. The molecule has 7 aromatic rings. The number of hydrogen-bond donors (Lipinski definition) is 1. The first-order valence-electron chi connectivity index (χ1n) is 13.4. The Bertz CT molecular complexity index is 1940. The third-order valence-electron chi connectivity index (χ3n) is 8.16. The predicted molar refractivity (Wildman–Crippen MR) is 166 cm³/mol. The lowest BCUT2D eigenvalue weighted by Crippen LogP contribution is -2.28. The molecule has 0 bridgehead atoms. The van der Waals surface area contributed by atoms with Gasteiger partial charge >= 0.3 is 0 Å². The van der Waals surface area contributed by atoms with Gasteiger partial charge in [-0.05, 0) is 57.6 Å². The zero-order chi connectivity index (χ0) is 25.8. The van der Waals surface area contributed by atoms with Crippen molar-refractivity contribution in [1.29, 1.82) is 0 Å². The summed E-state index contributed by atoms with van der Waals surface area (Å²) in [5, 5.41) is 6.35. The van der Waals surface area contributed by atoms with Crippen molar-refractivity contribution in [2.24, 2.45) is 0 Å². The fourth-order valence-electron chi connectivity index (χ4n) is 6.52. The normalized spacial score (nSPS) is 13.3. The molecule has 0 spiro atoms. The molecule has 0 saturated heterocycles.